The molecule has 1 aromatic carbocycles. The molecule has 0 aliphatic heterocycles. The molecular weight excluding hydrogens is 280 g/mol. The quantitative estimate of drug-likeness (QED) is 0.797. The number of aryl methyl sites for hydroxylation is 3. The third-order valence-corrected chi connectivity index (χ3v) is 4.63. The second-order valence-corrected chi connectivity index (χ2v) is 6.39. The van der Waals surface area contributed by atoms with Crippen LogP contribution in [0.4, 0.5) is 0 Å². The van der Waals surface area contributed by atoms with E-state index >= 15 is 0 Å². The summed E-state index contributed by atoms with van der Waals surface area (Å²) in [6.07, 6.45) is 2.88. The van der Waals surface area contributed by atoms with E-state index in [9.17, 15) is 0 Å². The summed E-state index contributed by atoms with van der Waals surface area (Å²) in [5.74, 6) is 0.955. The molecule has 1 aromatic heterocycles. The van der Waals surface area contributed by atoms with Gasteiger partial charge in [0.2, 0.25) is 0 Å². The van der Waals surface area contributed by atoms with Crippen LogP contribution < -0.4 is 5.32 Å². The molecule has 1 atom stereocenters. The van der Waals surface area contributed by atoms with Gasteiger partial charge in [0.25, 0.3) is 0 Å². The summed E-state index contributed by atoms with van der Waals surface area (Å²) in [5.41, 5.74) is 4.04. The van der Waals surface area contributed by atoms with Crippen LogP contribution in [0.3, 0.4) is 0 Å². The minimum Gasteiger partial charge on any atom is -0.312 e. The number of hydrogen-bond donors (Lipinski definition) is 1. The summed E-state index contributed by atoms with van der Waals surface area (Å²) < 4.78 is 1.96. The van der Waals surface area contributed by atoms with Crippen molar-refractivity contribution in [1.82, 2.24) is 20.1 Å². The van der Waals surface area contributed by atoms with Crippen molar-refractivity contribution >= 4 is 11.8 Å². The van der Waals surface area contributed by atoms with Gasteiger partial charge in [0.05, 0.1) is 0 Å². The molecule has 0 aliphatic rings. The number of benzene rings is 1. The molecule has 2 rings (SSSR count). The van der Waals surface area contributed by atoms with Crippen molar-refractivity contribution in [3.63, 3.8) is 0 Å². The summed E-state index contributed by atoms with van der Waals surface area (Å²) in [4.78, 5) is 0. The smallest absolute Gasteiger partial charge is 0.190 e. The molecule has 21 heavy (non-hydrogen) atoms. The molecule has 0 aliphatic carbocycles. The van der Waals surface area contributed by atoms with E-state index in [0.717, 1.165) is 23.9 Å². The van der Waals surface area contributed by atoms with Crippen LogP contribution >= 0.6 is 11.8 Å². The van der Waals surface area contributed by atoms with Crippen molar-refractivity contribution < 1.29 is 0 Å². The average molecular weight is 304 g/mol. The van der Waals surface area contributed by atoms with E-state index in [0.29, 0.717) is 6.04 Å². The van der Waals surface area contributed by atoms with Crippen LogP contribution in [-0.2, 0) is 7.05 Å². The molecule has 2 aromatic rings. The molecular formula is C16H24N4S. The van der Waals surface area contributed by atoms with Crippen molar-refractivity contribution in [2.75, 3.05) is 12.3 Å². The van der Waals surface area contributed by atoms with Gasteiger partial charge in [-0.1, -0.05) is 42.4 Å². The van der Waals surface area contributed by atoms with E-state index in [1.54, 1.807) is 18.1 Å². The predicted molar refractivity (Wildman–Crippen MR) is 88.7 cm³/mol. The maximum Gasteiger partial charge on any atom is 0.190 e. The Bertz CT molecular complexity index is 579. The van der Waals surface area contributed by atoms with Crippen molar-refractivity contribution in [3.8, 4) is 0 Å². The number of thioether (sulfide) groups is 1. The molecule has 1 unspecified atom stereocenters. The van der Waals surface area contributed by atoms with E-state index in [4.69, 9.17) is 0 Å². The molecule has 0 saturated carbocycles. The zero-order valence-electron chi connectivity index (χ0n) is 13.3. The molecule has 0 amide bonds. The number of nitrogens with one attached hydrogen (secondary N) is 1. The Kier molecular flexibility index (Phi) is 5.82. The van der Waals surface area contributed by atoms with Gasteiger partial charge in [0.1, 0.15) is 6.33 Å². The van der Waals surface area contributed by atoms with Crippen molar-refractivity contribution in [3.05, 3.63) is 41.2 Å². The summed E-state index contributed by atoms with van der Waals surface area (Å²) in [5, 5.41) is 12.7. The lowest BCUT2D eigenvalue weighted by atomic mass is 10.00. The lowest BCUT2D eigenvalue weighted by Gasteiger charge is -2.21. The van der Waals surface area contributed by atoms with Gasteiger partial charge in [-0.2, -0.15) is 0 Å². The molecule has 114 valence electrons. The molecule has 5 heteroatoms. The Labute approximate surface area is 131 Å². The van der Waals surface area contributed by atoms with E-state index < -0.39 is 0 Å². The second kappa shape index (κ2) is 7.61. The lowest BCUT2D eigenvalue weighted by Crippen LogP contribution is -2.25. The maximum atomic E-state index is 4.15. The van der Waals surface area contributed by atoms with Gasteiger partial charge in [-0.15, -0.1) is 10.2 Å². The fourth-order valence-electron chi connectivity index (χ4n) is 2.27. The predicted octanol–water partition coefficient (Wildman–Crippen LogP) is 3.26. The van der Waals surface area contributed by atoms with E-state index in [1.165, 1.54) is 16.7 Å². The number of nitrogens with zero attached hydrogens (tertiary/aromatic N) is 3. The molecule has 1 N–H and O–H groups in total. The van der Waals surface area contributed by atoms with Crippen LogP contribution in [0, 0.1) is 13.8 Å². The summed E-state index contributed by atoms with van der Waals surface area (Å²) in [7, 11) is 1.98. The van der Waals surface area contributed by atoms with Crippen molar-refractivity contribution in [2.45, 2.75) is 38.4 Å². The number of hydrogen-bond acceptors (Lipinski definition) is 4. The van der Waals surface area contributed by atoms with Crippen molar-refractivity contribution in [2.24, 2.45) is 7.05 Å². The zero-order valence-corrected chi connectivity index (χ0v) is 14.1. The summed E-state index contributed by atoms with van der Waals surface area (Å²) in [6.45, 7) is 7.55. The minimum absolute atomic E-state index is 0.339. The SMILES string of the molecule is CCCNC(CSc1nncn1C)c1cc(C)ccc1C. The van der Waals surface area contributed by atoms with Gasteiger partial charge in [-0.25, -0.2) is 0 Å². The minimum atomic E-state index is 0.339. The first-order valence-electron chi connectivity index (χ1n) is 7.39. The molecule has 4 nitrogen and oxygen atoms in total. The fourth-order valence-corrected chi connectivity index (χ4v) is 3.24. The van der Waals surface area contributed by atoms with E-state index in [2.05, 4.69) is 54.5 Å². The van der Waals surface area contributed by atoms with Crippen LogP contribution in [0.5, 0.6) is 0 Å². The highest BCUT2D eigenvalue weighted by Crippen LogP contribution is 2.26. The first-order chi connectivity index (χ1) is 10.1. The standard InChI is InChI=1S/C16H24N4S/c1-5-8-17-15(10-21-16-19-18-11-20(16)4)14-9-12(2)6-7-13(14)3/h6-7,9,11,15,17H,5,8,10H2,1-4H3. The molecule has 0 fully saturated rings. The Balaban J connectivity index is 2.13. The van der Waals surface area contributed by atoms with Crippen LogP contribution in [0.15, 0.2) is 29.7 Å². The highest BCUT2D eigenvalue weighted by Gasteiger charge is 2.15. The van der Waals surface area contributed by atoms with Gasteiger partial charge in [0.15, 0.2) is 5.16 Å². The zero-order chi connectivity index (χ0) is 15.2. The average Bonchev–Trinajstić information content (AvgIpc) is 2.87. The third kappa shape index (κ3) is 4.32. The monoisotopic (exact) mass is 304 g/mol. The summed E-state index contributed by atoms with van der Waals surface area (Å²) >= 11 is 1.75. The highest BCUT2D eigenvalue weighted by atomic mass is 32.2. The van der Waals surface area contributed by atoms with E-state index in [1.807, 2.05) is 11.6 Å². The Hall–Kier alpha value is -1.33. The van der Waals surface area contributed by atoms with Gasteiger partial charge < -0.3 is 9.88 Å². The molecule has 1 heterocycles. The Morgan fingerprint density at radius 1 is 1.33 bits per heavy atom. The van der Waals surface area contributed by atoms with Gasteiger partial charge in [-0.05, 0) is 37.9 Å². The van der Waals surface area contributed by atoms with Crippen LogP contribution in [0.1, 0.15) is 36.1 Å². The first kappa shape index (κ1) is 16.0. The van der Waals surface area contributed by atoms with E-state index in [-0.39, 0.29) is 0 Å². The fraction of sp³-hybridized carbons (Fsp3) is 0.500. The van der Waals surface area contributed by atoms with Gasteiger partial charge in [0, 0.05) is 18.8 Å². The number of rotatable bonds is 7. The van der Waals surface area contributed by atoms with Gasteiger partial charge >= 0.3 is 0 Å². The largest absolute Gasteiger partial charge is 0.312 e. The first-order valence-corrected chi connectivity index (χ1v) is 8.37. The summed E-state index contributed by atoms with van der Waals surface area (Å²) in [6, 6.07) is 7.01. The van der Waals surface area contributed by atoms with Crippen molar-refractivity contribution in [1.29, 1.82) is 0 Å². The normalized spacial score (nSPS) is 12.6. The second-order valence-electron chi connectivity index (χ2n) is 5.40. The number of aromatic nitrogens is 3. The van der Waals surface area contributed by atoms with Gasteiger partial charge in [-0.3, -0.25) is 0 Å². The maximum absolute atomic E-state index is 4.15. The Morgan fingerprint density at radius 2 is 2.14 bits per heavy atom. The van der Waals surface area contributed by atoms with Crippen LogP contribution in [-0.4, -0.2) is 27.1 Å². The molecule has 0 radical (unpaired) electrons. The highest BCUT2D eigenvalue weighted by molar-refractivity contribution is 7.99. The molecule has 0 bridgehead atoms. The molecule has 0 spiro atoms. The Morgan fingerprint density at radius 3 is 2.81 bits per heavy atom. The van der Waals surface area contributed by atoms with Crippen LogP contribution in [0.2, 0.25) is 0 Å². The molecule has 0 saturated heterocycles. The lowest BCUT2D eigenvalue weighted by molar-refractivity contribution is 0.574. The topological polar surface area (TPSA) is 42.7 Å². The third-order valence-electron chi connectivity index (χ3n) is 3.50. The van der Waals surface area contributed by atoms with Crippen LogP contribution in [0.25, 0.3) is 0 Å².